The van der Waals surface area contributed by atoms with Crippen LogP contribution in [0, 0.1) is 17.8 Å². The summed E-state index contributed by atoms with van der Waals surface area (Å²) in [6.45, 7) is 0.827. The lowest BCUT2D eigenvalue weighted by Crippen LogP contribution is -2.49. The summed E-state index contributed by atoms with van der Waals surface area (Å²) >= 11 is 0. The van der Waals surface area contributed by atoms with Crippen LogP contribution in [0.4, 0.5) is 0 Å². The first-order valence-electron chi connectivity index (χ1n) is 8.50. The Labute approximate surface area is 136 Å². The Morgan fingerprint density at radius 2 is 1.87 bits per heavy atom. The molecule has 1 aromatic heterocycles. The van der Waals surface area contributed by atoms with Crippen LogP contribution in [0.15, 0.2) is 22.8 Å². The molecule has 2 amide bonds. The number of carbonyl (C=O) groups excluding carboxylic acids is 2. The van der Waals surface area contributed by atoms with Crippen molar-refractivity contribution in [2.75, 3.05) is 13.1 Å². The third kappa shape index (κ3) is 3.75. The van der Waals surface area contributed by atoms with E-state index in [0.717, 1.165) is 25.7 Å². The second-order valence-corrected chi connectivity index (χ2v) is 6.72. The van der Waals surface area contributed by atoms with Crippen molar-refractivity contribution in [1.29, 1.82) is 0 Å². The molecule has 0 aromatic carbocycles. The van der Waals surface area contributed by atoms with Gasteiger partial charge in [-0.1, -0.05) is 6.42 Å². The van der Waals surface area contributed by atoms with Crippen molar-refractivity contribution in [3.8, 4) is 0 Å². The maximum absolute atomic E-state index is 12.3. The molecule has 0 radical (unpaired) electrons. The van der Waals surface area contributed by atoms with Crippen molar-refractivity contribution in [1.82, 2.24) is 10.6 Å². The molecule has 2 fully saturated rings. The molecule has 4 N–H and O–H groups in total. The number of hydrogen-bond acceptors (Lipinski definition) is 4. The molecule has 2 atom stereocenters. The average molecular weight is 319 g/mol. The summed E-state index contributed by atoms with van der Waals surface area (Å²) in [5, 5.41) is 5.65. The highest BCUT2D eigenvalue weighted by Crippen LogP contribution is 2.41. The molecule has 23 heavy (non-hydrogen) atoms. The minimum Gasteiger partial charge on any atom is -0.459 e. The van der Waals surface area contributed by atoms with E-state index in [4.69, 9.17) is 10.2 Å². The van der Waals surface area contributed by atoms with Gasteiger partial charge in [-0.05, 0) is 49.7 Å². The van der Waals surface area contributed by atoms with Crippen molar-refractivity contribution in [3.63, 3.8) is 0 Å². The van der Waals surface area contributed by atoms with Gasteiger partial charge in [-0.15, -0.1) is 0 Å². The number of carbonyl (C=O) groups is 2. The topological polar surface area (TPSA) is 97.4 Å². The number of furan rings is 1. The number of rotatable bonds is 5. The lowest BCUT2D eigenvalue weighted by atomic mass is 9.65. The molecule has 3 rings (SSSR count). The Bertz CT molecular complexity index is 529. The molecule has 2 saturated carbocycles. The highest BCUT2D eigenvalue weighted by molar-refractivity contribution is 5.91. The lowest BCUT2D eigenvalue weighted by molar-refractivity contribution is -0.127. The molecule has 0 saturated heterocycles. The van der Waals surface area contributed by atoms with E-state index in [1.807, 2.05) is 0 Å². The second-order valence-electron chi connectivity index (χ2n) is 6.72. The van der Waals surface area contributed by atoms with E-state index in [-0.39, 0.29) is 29.5 Å². The van der Waals surface area contributed by atoms with Gasteiger partial charge in [-0.25, -0.2) is 0 Å². The SMILES string of the molecule is NC1C2CCCC1CC(C(=O)NCCNC(=O)c1ccco1)C2. The van der Waals surface area contributed by atoms with Gasteiger partial charge in [0.2, 0.25) is 5.91 Å². The van der Waals surface area contributed by atoms with Gasteiger partial charge < -0.3 is 20.8 Å². The van der Waals surface area contributed by atoms with Gasteiger partial charge in [-0.3, -0.25) is 9.59 Å². The molecular formula is C17H25N3O3. The quantitative estimate of drug-likeness (QED) is 0.712. The van der Waals surface area contributed by atoms with Crippen LogP contribution >= 0.6 is 0 Å². The molecule has 6 nitrogen and oxygen atoms in total. The standard InChI is InChI=1S/C17H25N3O3/c18-15-11-3-1-4-12(15)10-13(9-11)16(21)19-6-7-20-17(22)14-5-2-8-23-14/h2,5,8,11-13,15H,1,3-4,6-7,9-10,18H2,(H,19,21)(H,20,22). The molecule has 0 spiro atoms. The molecule has 1 aromatic rings. The fourth-order valence-electron chi connectivity index (χ4n) is 4.00. The Hall–Kier alpha value is -1.82. The summed E-state index contributed by atoms with van der Waals surface area (Å²) in [6.07, 6.45) is 6.82. The number of nitrogens with two attached hydrogens (primary N) is 1. The van der Waals surface area contributed by atoms with Crippen molar-refractivity contribution in [2.24, 2.45) is 23.5 Å². The molecular weight excluding hydrogens is 294 g/mol. The molecule has 2 unspecified atom stereocenters. The van der Waals surface area contributed by atoms with E-state index in [1.165, 1.54) is 12.7 Å². The molecule has 126 valence electrons. The van der Waals surface area contributed by atoms with E-state index in [2.05, 4.69) is 10.6 Å². The Morgan fingerprint density at radius 3 is 2.52 bits per heavy atom. The largest absolute Gasteiger partial charge is 0.459 e. The minimum absolute atomic E-state index is 0.0749. The van der Waals surface area contributed by atoms with E-state index in [9.17, 15) is 9.59 Å². The van der Waals surface area contributed by atoms with E-state index >= 15 is 0 Å². The van der Waals surface area contributed by atoms with Crippen LogP contribution in [-0.4, -0.2) is 30.9 Å². The monoisotopic (exact) mass is 319 g/mol. The van der Waals surface area contributed by atoms with E-state index in [1.54, 1.807) is 12.1 Å². The molecule has 2 bridgehead atoms. The van der Waals surface area contributed by atoms with Crippen LogP contribution in [0.5, 0.6) is 0 Å². The minimum atomic E-state index is -0.262. The maximum atomic E-state index is 12.3. The smallest absolute Gasteiger partial charge is 0.287 e. The zero-order valence-electron chi connectivity index (χ0n) is 13.3. The van der Waals surface area contributed by atoms with Crippen LogP contribution in [0.3, 0.4) is 0 Å². The van der Waals surface area contributed by atoms with Gasteiger partial charge in [0.05, 0.1) is 6.26 Å². The summed E-state index contributed by atoms with van der Waals surface area (Å²) in [7, 11) is 0. The van der Waals surface area contributed by atoms with Gasteiger partial charge in [0.25, 0.3) is 5.91 Å². The summed E-state index contributed by atoms with van der Waals surface area (Å²) in [6, 6.07) is 3.56. The Balaban J connectivity index is 1.39. The normalized spacial score (nSPS) is 29.8. The second kappa shape index (κ2) is 7.17. The number of amides is 2. The highest BCUT2D eigenvalue weighted by atomic mass is 16.3. The number of hydrogen-bond donors (Lipinski definition) is 3. The summed E-state index contributed by atoms with van der Waals surface area (Å²) in [5.41, 5.74) is 6.26. The third-order valence-corrected chi connectivity index (χ3v) is 5.24. The average Bonchev–Trinajstić information content (AvgIpc) is 3.05. The lowest BCUT2D eigenvalue weighted by Gasteiger charge is -2.43. The zero-order chi connectivity index (χ0) is 16.2. The molecule has 6 heteroatoms. The number of nitrogens with one attached hydrogen (secondary N) is 2. The molecule has 2 aliphatic carbocycles. The summed E-state index contributed by atoms with van der Waals surface area (Å²) < 4.78 is 5.01. The van der Waals surface area contributed by atoms with Crippen molar-refractivity contribution < 1.29 is 14.0 Å². The predicted molar refractivity (Wildman–Crippen MR) is 85.6 cm³/mol. The fourth-order valence-corrected chi connectivity index (χ4v) is 4.00. The van der Waals surface area contributed by atoms with Crippen molar-refractivity contribution in [3.05, 3.63) is 24.2 Å². The van der Waals surface area contributed by atoms with Crippen LogP contribution in [0.25, 0.3) is 0 Å². The van der Waals surface area contributed by atoms with Crippen LogP contribution < -0.4 is 16.4 Å². The van der Waals surface area contributed by atoms with E-state index in [0.29, 0.717) is 24.9 Å². The Kier molecular flexibility index (Phi) is 5.00. The first kappa shape index (κ1) is 16.1. The summed E-state index contributed by atoms with van der Waals surface area (Å²) in [5.74, 6) is 1.19. The zero-order valence-corrected chi connectivity index (χ0v) is 13.3. The maximum Gasteiger partial charge on any atom is 0.287 e. The molecule has 2 aliphatic rings. The van der Waals surface area contributed by atoms with Crippen molar-refractivity contribution in [2.45, 2.75) is 38.1 Å². The van der Waals surface area contributed by atoms with Gasteiger partial charge in [-0.2, -0.15) is 0 Å². The predicted octanol–water partition coefficient (Wildman–Crippen LogP) is 1.28. The van der Waals surface area contributed by atoms with Gasteiger partial charge in [0.1, 0.15) is 0 Å². The van der Waals surface area contributed by atoms with Gasteiger partial charge in [0.15, 0.2) is 5.76 Å². The van der Waals surface area contributed by atoms with Crippen LogP contribution in [0.2, 0.25) is 0 Å². The first-order valence-corrected chi connectivity index (χ1v) is 8.50. The van der Waals surface area contributed by atoms with E-state index < -0.39 is 0 Å². The van der Waals surface area contributed by atoms with Crippen molar-refractivity contribution >= 4 is 11.8 Å². The van der Waals surface area contributed by atoms with Gasteiger partial charge in [0, 0.05) is 25.0 Å². The third-order valence-electron chi connectivity index (χ3n) is 5.24. The van der Waals surface area contributed by atoms with Crippen LogP contribution in [0.1, 0.15) is 42.7 Å². The number of fused-ring (bicyclic) bond motifs is 2. The Morgan fingerprint density at radius 1 is 1.17 bits per heavy atom. The molecule has 0 aliphatic heterocycles. The van der Waals surface area contributed by atoms with Crippen LogP contribution in [-0.2, 0) is 4.79 Å². The fraction of sp³-hybridized carbons (Fsp3) is 0.647. The first-order chi connectivity index (χ1) is 11.1. The molecule has 1 heterocycles. The summed E-state index contributed by atoms with van der Waals surface area (Å²) in [4.78, 5) is 24.0. The highest BCUT2D eigenvalue weighted by Gasteiger charge is 2.40. The van der Waals surface area contributed by atoms with Gasteiger partial charge >= 0.3 is 0 Å².